The fraction of sp³-hybridized carbons (Fsp3) is 0.429. The number of nitrogens with one attached hydrogen (secondary N) is 2. The lowest BCUT2D eigenvalue weighted by Gasteiger charge is -2.28. The van der Waals surface area contributed by atoms with Gasteiger partial charge in [0.1, 0.15) is 12.5 Å². The van der Waals surface area contributed by atoms with E-state index in [2.05, 4.69) is 34.1 Å². The molecule has 8 heteroatoms. The highest BCUT2D eigenvalue weighted by Gasteiger charge is 2.38. The molecule has 0 bridgehead atoms. The fourth-order valence-corrected chi connectivity index (χ4v) is 4.95. The Morgan fingerprint density at radius 1 is 1.11 bits per heavy atom. The van der Waals surface area contributed by atoms with Crippen molar-refractivity contribution in [1.82, 2.24) is 20.3 Å². The summed E-state index contributed by atoms with van der Waals surface area (Å²) in [6.45, 7) is 3.77. The van der Waals surface area contributed by atoms with Crippen molar-refractivity contribution in [2.24, 2.45) is 5.41 Å². The van der Waals surface area contributed by atoms with Crippen LogP contribution in [0.5, 0.6) is 0 Å². The van der Waals surface area contributed by atoms with Crippen molar-refractivity contribution in [3.8, 4) is 22.8 Å². The normalized spacial score (nSPS) is 15.5. The molecule has 0 saturated heterocycles. The Morgan fingerprint density at radius 2 is 1.86 bits per heavy atom. The number of benzene rings is 2. The van der Waals surface area contributed by atoms with E-state index in [-0.39, 0.29) is 12.5 Å². The van der Waals surface area contributed by atoms with E-state index in [4.69, 9.17) is 11.6 Å². The molecule has 0 unspecified atom stereocenters. The zero-order valence-electron chi connectivity index (χ0n) is 20.7. The molecule has 6 nitrogen and oxygen atoms in total. The molecular formula is C28H32ClFN4O2. The number of aromatic amines is 1. The highest BCUT2D eigenvalue weighted by Crippen LogP contribution is 2.36. The van der Waals surface area contributed by atoms with E-state index < -0.39 is 17.8 Å². The first kappa shape index (κ1) is 26.0. The van der Waals surface area contributed by atoms with Crippen molar-refractivity contribution in [3.05, 3.63) is 69.1 Å². The molecule has 2 N–H and O–H groups in total. The van der Waals surface area contributed by atoms with Gasteiger partial charge in [0.25, 0.3) is 0 Å². The maximum Gasteiger partial charge on any atom is 0.348 e. The van der Waals surface area contributed by atoms with Crippen molar-refractivity contribution >= 4 is 17.5 Å². The number of aromatic nitrogens is 3. The summed E-state index contributed by atoms with van der Waals surface area (Å²) in [6, 6.07) is 13.1. The maximum atomic E-state index is 14.0. The van der Waals surface area contributed by atoms with Crippen LogP contribution in [0.25, 0.3) is 22.8 Å². The van der Waals surface area contributed by atoms with Crippen LogP contribution in [0.15, 0.2) is 47.3 Å². The highest BCUT2D eigenvalue weighted by atomic mass is 35.5. The second kappa shape index (κ2) is 11.3. The van der Waals surface area contributed by atoms with Crippen LogP contribution >= 0.6 is 11.6 Å². The zero-order chi connectivity index (χ0) is 25.7. The molecule has 1 saturated carbocycles. The van der Waals surface area contributed by atoms with Crippen molar-refractivity contribution in [2.45, 2.75) is 64.8 Å². The quantitative estimate of drug-likeness (QED) is 0.370. The average molecular weight is 511 g/mol. The van der Waals surface area contributed by atoms with Crippen LogP contribution in [0.1, 0.15) is 69.4 Å². The molecule has 1 amide bonds. The maximum absolute atomic E-state index is 14.0. The lowest BCUT2D eigenvalue weighted by Crippen LogP contribution is -2.42. The Kier molecular flexibility index (Phi) is 8.19. The van der Waals surface area contributed by atoms with Crippen LogP contribution in [0, 0.1) is 5.41 Å². The summed E-state index contributed by atoms with van der Waals surface area (Å²) in [5, 5.41) is 3.33. The van der Waals surface area contributed by atoms with Gasteiger partial charge in [0.05, 0.1) is 10.4 Å². The summed E-state index contributed by atoms with van der Waals surface area (Å²) < 4.78 is 14.0. The molecule has 36 heavy (non-hydrogen) atoms. The molecule has 3 aromatic rings. The molecule has 0 radical (unpaired) electrons. The van der Waals surface area contributed by atoms with Crippen molar-refractivity contribution in [1.29, 1.82) is 0 Å². The van der Waals surface area contributed by atoms with Crippen LogP contribution < -0.4 is 11.0 Å². The lowest BCUT2D eigenvalue weighted by molar-refractivity contribution is -0.133. The molecule has 0 atom stereocenters. The van der Waals surface area contributed by atoms with E-state index in [1.54, 1.807) is 18.2 Å². The number of alkyl halides is 1. The van der Waals surface area contributed by atoms with Gasteiger partial charge in [0, 0.05) is 17.7 Å². The summed E-state index contributed by atoms with van der Waals surface area (Å²) in [6.07, 6.45) is 4.96. The first-order valence-corrected chi connectivity index (χ1v) is 12.9. The number of halogens is 2. The van der Waals surface area contributed by atoms with E-state index >= 15 is 0 Å². The van der Waals surface area contributed by atoms with Gasteiger partial charge in [-0.15, -0.1) is 0 Å². The molecular weight excluding hydrogens is 479 g/mol. The number of nitrogens with zero attached hydrogens (tertiary/aromatic N) is 2. The number of hydrogen-bond donors (Lipinski definition) is 2. The number of rotatable bonds is 7. The Hall–Kier alpha value is -3.06. The molecule has 0 aliphatic heterocycles. The predicted octanol–water partition coefficient (Wildman–Crippen LogP) is 6.20. The number of hydrogen-bond acceptors (Lipinski definition) is 4. The van der Waals surface area contributed by atoms with Gasteiger partial charge < -0.3 is 5.32 Å². The van der Waals surface area contributed by atoms with E-state index in [1.165, 1.54) is 0 Å². The van der Waals surface area contributed by atoms with Gasteiger partial charge in [-0.05, 0) is 48.1 Å². The van der Waals surface area contributed by atoms with E-state index in [1.807, 2.05) is 24.3 Å². The largest absolute Gasteiger partial charge is 0.351 e. The smallest absolute Gasteiger partial charge is 0.348 e. The van der Waals surface area contributed by atoms with E-state index in [0.717, 1.165) is 42.4 Å². The van der Waals surface area contributed by atoms with Gasteiger partial charge in [-0.25, -0.2) is 14.2 Å². The second-order valence-corrected chi connectivity index (χ2v) is 10.3. The van der Waals surface area contributed by atoms with Crippen LogP contribution in [-0.4, -0.2) is 27.5 Å². The molecule has 1 fully saturated rings. The average Bonchev–Trinajstić information content (AvgIpc) is 3.14. The van der Waals surface area contributed by atoms with Crippen LogP contribution in [0.2, 0.25) is 5.02 Å². The van der Waals surface area contributed by atoms with Crippen molar-refractivity contribution in [3.63, 3.8) is 0 Å². The summed E-state index contributed by atoms with van der Waals surface area (Å²) in [5.74, 6) is 0.680. The summed E-state index contributed by atoms with van der Waals surface area (Å²) >= 11 is 6.48. The van der Waals surface area contributed by atoms with Crippen LogP contribution in [0.4, 0.5) is 4.39 Å². The first-order chi connectivity index (χ1) is 17.3. The van der Waals surface area contributed by atoms with Crippen molar-refractivity contribution in [2.75, 3.05) is 6.67 Å². The monoisotopic (exact) mass is 510 g/mol. The van der Waals surface area contributed by atoms with Crippen LogP contribution in [-0.2, 0) is 11.3 Å². The molecule has 1 aliphatic rings. The molecule has 0 spiro atoms. The van der Waals surface area contributed by atoms with E-state index in [0.29, 0.717) is 41.0 Å². The minimum atomic E-state index is -0.941. The first-order valence-electron chi connectivity index (χ1n) is 12.5. The minimum Gasteiger partial charge on any atom is -0.351 e. The SMILES string of the molecule is CC(C)c1cccc(-c2nc(-c3cc(CNC(=O)C4(CF)CCCCCC4)ccc3Cl)[nH]c(=O)n2)c1. The molecule has 1 aromatic heterocycles. The predicted molar refractivity (Wildman–Crippen MR) is 141 cm³/mol. The van der Waals surface area contributed by atoms with Gasteiger partial charge in [-0.3, -0.25) is 9.78 Å². The minimum absolute atomic E-state index is 0.226. The van der Waals surface area contributed by atoms with Gasteiger partial charge in [-0.2, -0.15) is 4.98 Å². The van der Waals surface area contributed by atoms with Gasteiger partial charge in [0.2, 0.25) is 5.91 Å². The number of amides is 1. The standard InChI is InChI=1S/C28H32ClFN4O2/c1-18(2)20-8-7-9-21(15-20)24-32-25(34-27(36)33-24)22-14-19(10-11-23(22)29)16-31-26(35)28(17-30)12-5-3-4-6-13-28/h7-11,14-15,18H,3-6,12-13,16-17H2,1-2H3,(H,31,35)(H,32,33,34,36). The molecule has 4 rings (SSSR count). The Morgan fingerprint density at radius 3 is 2.56 bits per heavy atom. The number of carbonyl (C=O) groups excluding carboxylic acids is 1. The molecule has 1 heterocycles. The van der Waals surface area contributed by atoms with Gasteiger partial charge in [0.15, 0.2) is 5.82 Å². The number of H-pyrrole nitrogens is 1. The number of carbonyl (C=O) groups is 1. The highest BCUT2D eigenvalue weighted by molar-refractivity contribution is 6.33. The molecule has 190 valence electrons. The zero-order valence-corrected chi connectivity index (χ0v) is 21.5. The third-order valence-corrected chi connectivity index (χ3v) is 7.33. The lowest BCUT2D eigenvalue weighted by atomic mass is 9.80. The summed E-state index contributed by atoms with van der Waals surface area (Å²) in [4.78, 5) is 36.7. The second-order valence-electron chi connectivity index (χ2n) is 9.93. The Labute approximate surface area is 215 Å². The Balaban J connectivity index is 1.59. The molecule has 2 aromatic carbocycles. The molecule has 1 aliphatic carbocycles. The van der Waals surface area contributed by atoms with Crippen molar-refractivity contribution < 1.29 is 9.18 Å². The van der Waals surface area contributed by atoms with E-state index in [9.17, 15) is 14.0 Å². The third kappa shape index (κ3) is 5.84. The topological polar surface area (TPSA) is 87.7 Å². The van der Waals surface area contributed by atoms with Gasteiger partial charge in [-0.1, -0.05) is 75.4 Å². The third-order valence-electron chi connectivity index (χ3n) is 7.00. The van der Waals surface area contributed by atoms with Crippen LogP contribution in [0.3, 0.4) is 0 Å². The fourth-order valence-electron chi connectivity index (χ4n) is 4.74. The summed E-state index contributed by atoms with van der Waals surface area (Å²) in [7, 11) is 0. The van der Waals surface area contributed by atoms with Gasteiger partial charge >= 0.3 is 5.69 Å². The summed E-state index contributed by atoms with van der Waals surface area (Å²) in [5.41, 5.74) is 1.69. The Bertz CT molecular complexity index is 1280.